The van der Waals surface area contributed by atoms with Crippen LogP contribution in [-0.2, 0) is 52.9 Å². The topological polar surface area (TPSA) is 240 Å². The third-order valence-corrected chi connectivity index (χ3v) is 20.5. The molecule has 0 aromatic heterocycles. The second kappa shape index (κ2) is 44.7. The van der Waals surface area contributed by atoms with E-state index in [0.29, 0.717) is 70.9 Å². The Morgan fingerprint density at radius 3 is 1.30 bits per heavy atom. The van der Waals surface area contributed by atoms with Crippen LogP contribution < -0.4 is 31.9 Å². The van der Waals surface area contributed by atoms with Gasteiger partial charge >= 0.3 is 12.1 Å². The number of sulfonamides is 1. The van der Waals surface area contributed by atoms with Crippen LogP contribution in [0.25, 0.3) is 0 Å². The van der Waals surface area contributed by atoms with Gasteiger partial charge in [-0.25, -0.2) is 8.42 Å². The van der Waals surface area contributed by atoms with E-state index in [9.17, 15) is 40.8 Å². The van der Waals surface area contributed by atoms with E-state index >= 15 is 0 Å². The molecule has 4 amide bonds. The first-order valence-corrected chi connectivity index (χ1v) is 40.0. The van der Waals surface area contributed by atoms with Crippen LogP contribution in [0.1, 0.15) is 210 Å². The molecule has 5 unspecified atom stereocenters. The minimum Gasteiger partial charge on any atom is -0.381 e. The standard InChI is InChI=1S/C14H29N3O.C14H28N2O2.C13H26N2O3S.C13H26N2O2.C11H19F3N2O2.C11H23NO/c1-14(2,3)15-9-12-7-6-8-17(10-12)13(18)11-16(4)5;1-13(2,3)12(17)16-7-8-18-11(10-16)9-15-14(4,5)6;1-13(2,3)14-9-11-10-15(7-8-18-11)19(16,17)12-5-4-6-12;1-13(2,3)14-9-11-5-7-15(8-6-11)12(16)10-17-4;1-10(2,3)15-6-8-7-16(4-5-18-8)9(17)11(12,13)14;1-11(2,3)12-7-6-10-5-4-8-13-9-10/h12,15H,6-11H2,1-5H3;11,15H,7-10H2,1-6H3;11-12,14H,4-10H2,1-3H3;11,14H,5-10H2,1-4H3;8,15H,4-7H2,1-3H3;10,12H,4-9H2,1-3H3. The molecule has 0 radical (unpaired) electrons. The Labute approximate surface area is 623 Å². The average Bonchev–Trinajstić information content (AvgIpc) is 0.794. The van der Waals surface area contributed by atoms with Gasteiger partial charge in [0, 0.05) is 151 Å². The number of ether oxygens (including phenoxy) is 5. The molecule has 1 aliphatic carbocycles. The molecule has 23 nitrogen and oxygen atoms in total. The predicted octanol–water partition coefficient (Wildman–Crippen LogP) is 8.40. The van der Waals surface area contributed by atoms with Crippen molar-refractivity contribution >= 4 is 33.7 Å². The molecular weight excluding hydrogens is 1350 g/mol. The molecule has 7 rings (SSSR count). The van der Waals surface area contributed by atoms with Gasteiger partial charge in [-0.3, -0.25) is 19.2 Å². The summed E-state index contributed by atoms with van der Waals surface area (Å²) in [6.07, 6.45) is 5.97. The summed E-state index contributed by atoms with van der Waals surface area (Å²) in [5.41, 5.74) is 0.269. The quantitative estimate of drug-likeness (QED) is 0.0711. The molecule has 6 saturated heterocycles. The molecule has 608 valence electrons. The Balaban J connectivity index is 0.000000421. The molecule has 6 aliphatic heterocycles. The number of carbonyl (C=O) groups excluding carboxylic acids is 4. The summed E-state index contributed by atoms with van der Waals surface area (Å²) in [7, 11) is 2.37. The van der Waals surface area contributed by atoms with Crippen molar-refractivity contribution < 1.29 is 64.5 Å². The summed E-state index contributed by atoms with van der Waals surface area (Å²) < 4.78 is 90.3. The molecule has 0 aromatic rings. The van der Waals surface area contributed by atoms with Crippen molar-refractivity contribution in [2.24, 2.45) is 23.2 Å². The lowest BCUT2D eigenvalue weighted by Gasteiger charge is -2.37. The van der Waals surface area contributed by atoms with E-state index in [1.165, 1.54) is 25.7 Å². The first-order chi connectivity index (χ1) is 47.3. The highest BCUT2D eigenvalue weighted by Crippen LogP contribution is 2.30. The highest BCUT2D eigenvalue weighted by molar-refractivity contribution is 7.89. The molecule has 0 aromatic carbocycles. The van der Waals surface area contributed by atoms with E-state index in [2.05, 4.69) is 136 Å². The highest BCUT2D eigenvalue weighted by Gasteiger charge is 2.44. The second-order valence-electron chi connectivity index (χ2n) is 36.7. The van der Waals surface area contributed by atoms with E-state index in [1.807, 2.05) is 75.2 Å². The van der Waals surface area contributed by atoms with Crippen LogP contribution in [-0.4, -0.2) is 296 Å². The number of morpholine rings is 3. The van der Waals surface area contributed by atoms with Crippen LogP contribution in [0.4, 0.5) is 13.2 Å². The molecular formula is C76H151F3N12O11S. The maximum Gasteiger partial charge on any atom is 0.471 e. The SMILES string of the molecule is CC(C)(C)NCC1CN(C(=O)C(C)(C)C)CCO1.CC(C)(C)NCC1CN(C(=O)C(F)(F)F)CCO1.CC(C)(C)NCC1CN(S(=O)(=O)C2CCC2)CCO1.CC(C)(C)NCCC1CCCOC1.CN(C)CC(=O)N1CCCC(CNC(C)(C)C)C1.COCC(=O)N1CCC(CNC(C)(C)C)CC1. The van der Waals surface area contributed by atoms with Crippen molar-refractivity contribution in [1.82, 2.24) is 60.7 Å². The van der Waals surface area contributed by atoms with Crippen molar-refractivity contribution in [3.8, 4) is 0 Å². The van der Waals surface area contributed by atoms with Gasteiger partial charge in [-0.1, -0.05) is 27.2 Å². The van der Waals surface area contributed by atoms with E-state index in [4.69, 9.17) is 23.7 Å². The molecule has 0 bridgehead atoms. The van der Waals surface area contributed by atoms with Gasteiger partial charge in [0.1, 0.15) is 6.61 Å². The number of piperidine rings is 2. The molecule has 7 aliphatic rings. The van der Waals surface area contributed by atoms with Crippen LogP contribution in [0.5, 0.6) is 0 Å². The highest BCUT2D eigenvalue weighted by atomic mass is 32.2. The molecule has 6 heterocycles. The number of alkyl halides is 3. The number of likely N-dealkylation sites (tertiary alicyclic amines) is 2. The molecule has 0 spiro atoms. The van der Waals surface area contributed by atoms with Gasteiger partial charge in [0.2, 0.25) is 27.7 Å². The van der Waals surface area contributed by atoms with Crippen molar-refractivity contribution in [2.75, 3.05) is 172 Å². The van der Waals surface area contributed by atoms with Gasteiger partial charge in [-0.2, -0.15) is 17.5 Å². The number of rotatable bonds is 19. The Morgan fingerprint density at radius 2 is 0.893 bits per heavy atom. The summed E-state index contributed by atoms with van der Waals surface area (Å²) in [6.45, 7) is 59.2. The maximum absolute atomic E-state index is 12.4. The number of methoxy groups -OCH3 is 1. The van der Waals surface area contributed by atoms with Crippen LogP contribution in [0, 0.1) is 23.2 Å². The first kappa shape index (κ1) is 96.2. The minimum absolute atomic E-state index is 0.00956. The van der Waals surface area contributed by atoms with Crippen molar-refractivity contribution in [3.63, 3.8) is 0 Å². The molecule has 5 atom stereocenters. The number of carbonyl (C=O) groups is 4. The zero-order chi connectivity index (χ0) is 78.4. The number of hydrogen-bond donors (Lipinski definition) is 6. The van der Waals surface area contributed by atoms with E-state index in [1.54, 1.807) is 11.4 Å². The zero-order valence-electron chi connectivity index (χ0n) is 69.1. The van der Waals surface area contributed by atoms with Gasteiger partial charge < -0.3 is 80.1 Å². The lowest BCUT2D eigenvalue weighted by atomic mass is 9.94. The van der Waals surface area contributed by atoms with Gasteiger partial charge in [-0.05, 0) is 227 Å². The molecule has 7 fully saturated rings. The summed E-state index contributed by atoms with van der Waals surface area (Å²) in [4.78, 5) is 55.6. The van der Waals surface area contributed by atoms with Crippen molar-refractivity contribution in [2.45, 2.75) is 273 Å². The molecule has 1 saturated carbocycles. The predicted molar refractivity (Wildman–Crippen MR) is 410 cm³/mol. The van der Waals surface area contributed by atoms with E-state index < -0.39 is 28.2 Å². The summed E-state index contributed by atoms with van der Waals surface area (Å²) in [6, 6.07) is 0. The Bertz CT molecular complexity index is 2450. The molecule has 6 N–H and O–H groups in total. The fraction of sp³-hybridized carbons (Fsp3) is 0.947. The van der Waals surface area contributed by atoms with Gasteiger partial charge in [0.05, 0.1) is 49.9 Å². The number of likely N-dealkylation sites (N-methyl/N-ethyl adjacent to an activating group) is 1. The third-order valence-electron chi connectivity index (χ3n) is 18.1. The Hall–Kier alpha value is -2.90. The minimum atomic E-state index is -4.81. The largest absolute Gasteiger partial charge is 0.471 e. The van der Waals surface area contributed by atoms with E-state index in [-0.39, 0.29) is 100 Å². The van der Waals surface area contributed by atoms with Gasteiger partial charge in [-0.15, -0.1) is 0 Å². The lowest BCUT2D eigenvalue weighted by Crippen LogP contribution is -2.54. The van der Waals surface area contributed by atoms with Crippen LogP contribution in [0.3, 0.4) is 0 Å². The zero-order valence-corrected chi connectivity index (χ0v) is 69.9. The number of amides is 4. The lowest BCUT2D eigenvalue weighted by molar-refractivity contribution is -0.191. The number of halogens is 3. The van der Waals surface area contributed by atoms with E-state index in [0.717, 1.165) is 115 Å². The van der Waals surface area contributed by atoms with Crippen LogP contribution in [0.15, 0.2) is 0 Å². The number of hydrogen-bond acceptors (Lipinski definition) is 18. The third kappa shape index (κ3) is 44.4. The van der Waals surface area contributed by atoms with Crippen LogP contribution >= 0.6 is 0 Å². The van der Waals surface area contributed by atoms with Crippen molar-refractivity contribution in [3.05, 3.63) is 0 Å². The van der Waals surface area contributed by atoms with Crippen LogP contribution in [0.2, 0.25) is 0 Å². The summed E-state index contributed by atoms with van der Waals surface area (Å²) in [5.74, 6) is 0.904. The Kier molecular flexibility index (Phi) is 41.7. The second-order valence-corrected chi connectivity index (χ2v) is 38.9. The fourth-order valence-electron chi connectivity index (χ4n) is 11.9. The monoisotopic (exact) mass is 1500 g/mol. The normalized spacial score (nSPS) is 22.7. The smallest absolute Gasteiger partial charge is 0.381 e. The van der Waals surface area contributed by atoms with Crippen molar-refractivity contribution in [1.29, 1.82) is 0 Å². The van der Waals surface area contributed by atoms with Gasteiger partial charge in [0.25, 0.3) is 0 Å². The Morgan fingerprint density at radius 1 is 0.456 bits per heavy atom. The maximum atomic E-state index is 12.4. The average molecular weight is 1500 g/mol. The summed E-state index contributed by atoms with van der Waals surface area (Å²) >= 11 is 0. The van der Waals surface area contributed by atoms with Gasteiger partial charge in [0.15, 0.2) is 0 Å². The number of nitrogens with one attached hydrogen (secondary N) is 6. The molecule has 27 heteroatoms. The summed E-state index contributed by atoms with van der Waals surface area (Å²) in [5, 5.41) is 20.4. The fourth-order valence-corrected chi connectivity index (χ4v) is 14.0. The first-order valence-electron chi connectivity index (χ1n) is 38.5. The number of nitrogens with zero attached hydrogens (tertiary/aromatic N) is 6. The molecule has 103 heavy (non-hydrogen) atoms.